The number of fused-ring (bicyclic) bond motifs is 12. The first-order chi connectivity index (χ1) is 13.0. The van der Waals surface area contributed by atoms with Crippen molar-refractivity contribution in [2.24, 2.45) is 35.5 Å². The van der Waals surface area contributed by atoms with E-state index in [9.17, 15) is 8.42 Å². The number of hydrogen-bond acceptors (Lipinski definition) is 4. The lowest BCUT2D eigenvalue weighted by Gasteiger charge is -2.36. The molecule has 0 aromatic heterocycles. The van der Waals surface area contributed by atoms with E-state index in [1.807, 2.05) is 24.3 Å². The summed E-state index contributed by atoms with van der Waals surface area (Å²) in [5.41, 5.74) is 1.23. The highest BCUT2D eigenvalue weighted by atomic mass is 32.2. The van der Waals surface area contributed by atoms with Crippen LogP contribution in [0.4, 0.5) is 0 Å². The van der Waals surface area contributed by atoms with Gasteiger partial charge in [-0.2, -0.15) is 8.42 Å². The lowest BCUT2D eigenvalue weighted by atomic mass is 9.71. The molecule has 5 aliphatic rings. The summed E-state index contributed by atoms with van der Waals surface area (Å²) in [5.74, 6) is 4.41. The molecule has 4 bridgehead atoms. The van der Waals surface area contributed by atoms with Gasteiger partial charge in [-0.1, -0.05) is 26.0 Å². The van der Waals surface area contributed by atoms with Crippen molar-refractivity contribution < 1.29 is 17.3 Å². The van der Waals surface area contributed by atoms with Crippen LogP contribution in [0.5, 0.6) is 5.75 Å². The molecule has 0 radical (unpaired) electrons. The Morgan fingerprint density at radius 3 is 2.44 bits per heavy atom. The Morgan fingerprint density at radius 1 is 1.04 bits per heavy atom. The lowest BCUT2D eigenvalue weighted by Crippen LogP contribution is -2.42. The van der Waals surface area contributed by atoms with E-state index in [-0.39, 0.29) is 11.2 Å². The minimum absolute atomic E-state index is 0.282. The van der Waals surface area contributed by atoms with E-state index < -0.39 is 10.1 Å². The van der Waals surface area contributed by atoms with Crippen LogP contribution < -0.4 is 4.18 Å². The van der Waals surface area contributed by atoms with Crippen LogP contribution in [0, 0.1) is 35.5 Å². The lowest BCUT2D eigenvalue weighted by molar-refractivity contribution is 0.164. The van der Waals surface area contributed by atoms with Crippen molar-refractivity contribution in [1.29, 1.82) is 0 Å². The Bertz CT molecular complexity index is 863. The Labute approximate surface area is 161 Å². The zero-order chi connectivity index (χ0) is 18.5. The molecule has 5 heteroatoms. The number of benzene rings is 1. The van der Waals surface area contributed by atoms with Crippen LogP contribution in [0.3, 0.4) is 0 Å². The van der Waals surface area contributed by atoms with Gasteiger partial charge in [0.15, 0.2) is 0 Å². The summed E-state index contributed by atoms with van der Waals surface area (Å²) in [6.07, 6.45) is 5.20. The van der Waals surface area contributed by atoms with E-state index in [1.54, 1.807) is 0 Å². The van der Waals surface area contributed by atoms with E-state index in [1.165, 1.54) is 12.0 Å². The second-order valence-electron chi connectivity index (χ2n) is 9.67. The zero-order valence-electron chi connectivity index (χ0n) is 16.0. The van der Waals surface area contributed by atoms with Gasteiger partial charge in [0.1, 0.15) is 11.0 Å². The maximum Gasteiger partial charge on any atom is 0.312 e. The molecule has 1 aromatic rings. The van der Waals surface area contributed by atoms with Crippen molar-refractivity contribution in [1.82, 2.24) is 0 Å². The normalized spacial score (nSPS) is 47.0. The second-order valence-corrected chi connectivity index (χ2v) is 11.4. The maximum atomic E-state index is 13.1. The molecule has 27 heavy (non-hydrogen) atoms. The van der Waals surface area contributed by atoms with Crippen molar-refractivity contribution in [3.63, 3.8) is 0 Å². The second kappa shape index (κ2) is 5.50. The van der Waals surface area contributed by atoms with Crippen molar-refractivity contribution in [2.75, 3.05) is 0 Å². The van der Waals surface area contributed by atoms with Gasteiger partial charge >= 0.3 is 10.1 Å². The molecule has 10 atom stereocenters. The van der Waals surface area contributed by atoms with Gasteiger partial charge in [-0.15, -0.1) is 0 Å². The molecule has 1 heterocycles. The topological polar surface area (TPSA) is 55.9 Å². The van der Waals surface area contributed by atoms with Gasteiger partial charge in [0.2, 0.25) is 0 Å². The first-order valence-corrected chi connectivity index (χ1v) is 12.1. The summed E-state index contributed by atoms with van der Waals surface area (Å²) >= 11 is 0. The third kappa shape index (κ3) is 2.27. The monoisotopic (exact) mass is 388 g/mol. The number of hydrogen-bond donors (Lipinski definition) is 0. The van der Waals surface area contributed by atoms with Crippen LogP contribution in [-0.2, 0) is 14.9 Å². The van der Waals surface area contributed by atoms with E-state index in [0.29, 0.717) is 41.6 Å². The van der Waals surface area contributed by atoms with Crippen LogP contribution in [0.1, 0.15) is 51.0 Å². The van der Waals surface area contributed by atoms with E-state index in [2.05, 4.69) is 13.8 Å². The molecule has 4 aliphatic carbocycles. The van der Waals surface area contributed by atoms with Gasteiger partial charge in [0, 0.05) is 0 Å². The molecule has 0 spiro atoms. The smallest absolute Gasteiger partial charge is 0.312 e. The molecule has 4 nitrogen and oxygen atoms in total. The molecule has 0 amide bonds. The third-order valence-electron chi connectivity index (χ3n) is 8.65. The van der Waals surface area contributed by atoms with Crippen LogP contribution in [-0.4, -0.2) is 25.9 Å². The molecule has 4 saturated carbocycles. The SMILES string of the molecule is CCC(C)c1ccc(OS(=O)(=O)C2CC3CC2C2C4CC(C5OC45)C32)cc1. The Hall–Kier alpha value is -1.07. The van der Waals surface area contributed by atoms with E-state index in [4.69, 9.17) is 8.92 Å². The quantitative estimate of drug-likeness (QED) is 0.435. The fraction of sp³-hybridized carbons (Fsp3) is 0.727. The standard InChI is InChI=1S/C22H28O4S/c1-3-11(2)12-4-6-14(7-5-12)26-27(23,24)18-9-13-8-15(18)20-17-10-16(19(13)20)21-22(17)25-21/h4-7,11,13,15-22H,3,8-10H2,1-2H3. The highest BCUT2D eigenvalue weighted by Gasteiger charge is 2.74. The third-order valence-corrected chi connectivity index (χ3v) is 10.4. The van der Waals surface area contributed by atoms with Crippen LogP contribution in [0.15, 0.2) is 24.3 Å². The first kappa shape index (κ1) is 16.8. The molecule has 0 N–H and O–H groups in total. The molecular formula is C22H28O4S. The largest absolute Gasteiger partial charge is 0.382 e. The van der Waals surface area contributed by atoms with Gasteiger partial charge in [-0.05, 0) is 84.8 Å². The minimum atomic E-state index is -3.58. The molecule has 5 fully saturated rings. The fourth-order valence-corrected chi connectivity index (χ4v) is 9.11. The summed E-state index contributed by atoms with van der Waals surface area (Å²) in [6, 6.07) is 7.62. The minimum Gasteiger partial charge on any atom is -0.382 e. The summed E-state index contributed by atoms with van der Waals surface area (Å²) < 4.78 is 37.7. The zero-order valence-corrected chi connectivity index (χ0v) is 16.8. The number of epoxide rings is 1. The Morgan fingerprint density at radius 2 is 1.74 bits per heavy atom. The number of rotatable bonds is 5. The van der Waals surface area contributed by atoms with Gasteiger partial charge in [-0.25, -0.2) is 0 Å². The van der Waals surface area contributed by atoms with Crippen molar-refractivity contribution in [3.05, 3.63) is 29.8 Å². The predicted octanol–water partition coefficient (Wildman–Crippen LogP) is 3.97. The summed E-state index contributed by atoms with van der Waals surface area (Å²) in [4.78, 5) is 0. The average Bonchev–Trinajstić information content (AvgIpc) is 3.02. The molecule has 1 saturated heterocycles. The average molecular weight is 389 g/mol. The van der Waals surface area contributed by atoms with Crippen LogP contribution in [0.2, 0.25) is 0 Å². The molecular weight excluding hydrogens is 360 g/mol. The molecule has 1 aromatic carbocycles. The van der Waals surface area contributed by atoms with Crippen LogP contribution >= 0.6 is 0 Å². The van der Waals surface area contributed by atoms with Crippen LogP contribution in [0.25, 0.3) is 0 Å². The fourth-order valence-electron chi connectivity index (χ4n) is 7.40. The summed E-state index contributed by atoms with van der Waals surface area (Å²) in [5, 5.41) is -0.324. The van der Waals surface area contributed by atoms with Gasteiger partial charge in [0.05, 0.1) is 12.2 Å². The van der Waals surface area contributed by atoms with Gasteiger partial charge in [0.25, 0.3) is 0 Å². The van der Waals surface area contributed by atoms with Crippen molar-refractivity contribution in [2.45, 2.75) is 62.9 Å². The summed E-state index contributed by atoms with van der Waals surface area (Å²) in [6.45, 7) is 4.34. The maximum absolute atomic E-state index is 13.1. The Kier molecular flexibility index (Phi) is 3.43. The van der Waals surface area contributed by atoms with Crippen molar-refractivity contribution >= 4 is 10.1 Å². The first-order valence-electron chi connectivity index (χ1n) is 10.7. The van der Waals surface area contributed by atoms with Gasteiger partial charge in [-0.3, -0.25) is 0 Å². The highest BCUT2D eigenvalue weighted by Crippen LogP contribution is 2.72. The molecule has 6 rings (SSSR count). The van der Waals surface area contributed by atoms with E-state index in [0.717, 1.165) is 31.1 Å². The number of ether oxygens (including phenoxy) is 1. The molecule has 10 unspecified atom stereocenters. The highest BCUT2D eigenvalue weighted by molar-refractivity contribution is 7.87. The van der Waals surface area contributed by atoms with Gasteiger partial charge < -0.3 is 8.92 Å². The van der Waals surface area contributed by atoms with Crippen molar-refractivity contribution in [3.8, 4) is 5.75 Å². The summed E-state index contributed by atoms with van der Waals surface area (Å²) in [7, 11) is -3.58. The predicted molar refractivity (Wildman–Crippen MR) is 102 cm³/mol. The molecule has 146 valence electrons. The molecule has 1 aliphatic heterocycles. The van der Waals surface area contributed by atoms with E-state index >= 15 is 0 Å². The Balaban J connectivity index is 1.21.